The average molecular weight is 428 g/mol. The van der Waals surface area contributed by atoms with E-state index in [-0.39, 0.29) is 18.2 Å². The van der Waals surface area contributed by atoms with Crippen molar-refractivity contribution in [2.24, 2.45) is 10.9 Å². The maximum atomic E-state index is 12.6. The van der Waals surface area contributed by atoms with Crippen LogP contribution in [0.3, 0.4) is 0 Å². The summed E-state index contributed by atoms with van der Waals surface area (Å²) in [5.74, 6) is 1.11. The molecule has 7 nitrogen and oxygen atoms in total. The molecule has 1 amide bonds. The number of unbranched alkanes of at least 4 members (excludes halogenated alkanes) is 1. The van der Waals surface area contributed by atoms with Crippen molar-refractivity contribution in [3.05, 3.63) is 23.8 Å². The van der Waals surface area contributed by atoms with E-state index < -0.39 is 6.04 Å². The first-order chi connectivity index (χ1) is 15.0. The topological polar surface area (TPSA) is 81.0 Å². The first kappa shape index (κ1) is 22.2. The molecular weight excluding hydrogens is 390 g/mol. The van der Waals surface area contributed by atoms with E-state index in [2.05, 4.69) is 40.3 Å². The minimum absolute atomic E-state index is 0.0240. The lowest BCUT2D eigenvalue weighted by atomic mass is 9.92. The predicted molar refractivity (Wildman–Crippen MR) is 124 cm³/mol. The number of nitrogens with zero attached hydrogens (tertiary/aromatic N) is 3. The number of carbonyl (C=O) groups is 1. The van der Waals surface area contributed by atoms with Gasteiger partial charge in [0.05, 0.1) is 0 Å². The normalized spacial score (nSPS) is 31.4. The van der Waals surface area contributed by atoms with Gasteiger partial charge in [0.2, 0.25) is 5.91 Å². The van der Waals surface area contributed by atoms with Gasteiger partial charge in [0.25, 0.3) is 0 Å². The second-order valence-electron chi connectivity index (χ2n) is 9.28. The lowest BCUT2D eigenvalue weighted by Gasteiger charge is -2.44. The molecule has 2 saturated heterocycles. The van der Waals surface area contributed by atoms with E-state index in [1.54, 1.807) is 0 Å². The van der Waals surface area contributed by atoms with E-state index in [9.17, 15) is 4.79 Å². The molecule has 3 aliphatic heterocycles. The molecule has 0 saturated carbocycles. The average Bonchev–Trinajstić information content (AvgIpc) is 3.27. The van der Waals surface area contributed by atoms with Gasteiger partial charge in [-0.1, -0.05) is 31.6 Å². The van der Waals surface area contributed by atoms with Crippen LogP contribution in [0.1, 0.15) is 52.4 Å². The van der Waals surface area contributed by atoms with Crippen molar-refractivity contribution in [1.29, 1.82) is 5.41 Å². The summed E-state index contributed by atoms with van der Waals surface area (Å²) in [6.45, 7) is 8.94. The number of hydrogen-bond donors (Lipinski definition) is 2. The summed E-state index contributed by atoms with van der Waals surface area (Å²) in [6, 6.07) is -0.705. The fraction of sp³-hybridized carbons (Fsp3) is 0.708. The number of rotatable bonds is 8. The van der Waals surface area contributed by atoms with Crippen LogP contribution in [0.5, 0.6) is 0 Å². The summed E-state index contributed by atoms with van der Waals surface area (Å²) in [5.41, 5.74) is 1.89. The Labute approximate surface area is 186 Å². The van der Waals surface area contributed by atoms with Gasteiger partial charge in [-0.3, -0.25) is 9.69 Å². The summed E-state index contributed by atoms with van der Waals surface area (Å²) in [6.07, 6.45) is 12.7. The van der Waals surface area contributed by atoms with Gasteiger partial charge < -0.3 is 20.4 Å². The standard InChI is InChI=1S/C24H37N5O2/c1-3-4-13-31-21-14-20(25)22-23(26-21)29(17(2)24(30)27-22)16-19-9-7-18(8-10-19)15-28-11-5-6-12-28/h7-9,17,19,21-22,25H,3-6,10-16H2,1-2H3,(H,27,30). The van der Waals surface area contributed by atoms with Crippen molar-refractivity contribution in [3.63, 3.8) is 0 Å². The van der Waals surface area contributed by atoms with E-state index >= 15 is 0 Å². The van der Waals surface area contributed by atoms with Crippen molar-refractivity contribution in [1.82, 2.24) is 15.1 Å². The van der Waals surface area contributed by atoms with Crippen molar-refractivity contribution >= 4 is 17.5 Å². The summed E-state index contributed by atoms with van der Waals surface area (Å²) in [4.78, 5) is 22.1. The molecule has 0 bridgehead atoms. The Morgan fingerprint density at radius 3 is 2.84 bits per heavy atom. The Hall–Kier alpha value is -1.99. The van der Waals surface area contributed by atoms with Gasteiger partial charge in [-0.15, -0.1) is 0 Å². The first-order valence-corrected chi connectivity index (χ1v) is 12.0. The van der Waals surface area contributed by atoms with E-state index in [0.29, 0.717) is 24.7 Å². The third-order valence-corrected chi connectivity index (χ3v) is 6.81. The second-order valence-corrected chi connectivity index (χ2v) is 9.28. The van der Waals surface area contributed by atoms with E-state index in [4.69, 9.17) is 15.1 Å². The Balaban J connectivity index is 1.43. The van der Waals surface area contributed by atoms with Crippen LogP contribution in [0.2, 0.25) is 0 Å². The number of nitrogens with one attached hydrogen (secondary N) is 2. The van der Waals surface area contributed by atoms with Crippen LogP contribution in [0.4, 0.5) is 0 Å². The van der Waals surface area contributed by atoms with Gasteiger partial charge in [0.15, 0.2) is 6.23 Å². The maximum absolute atomic E-state index is 12.6. The third kappa shape index (κ3) is 5.26. The van der Waals surface area contributed by atoms with Crippen molar-refractivity contribution in [2.75, 3.05) is 32.8 Å². The Kier molecular flexibility index (Phi) is 7.23. The van der Waals surface area contributed by atoms with Crippen molar-refractivity contribution in [3.8, 4) is 0 Å². The molecule has 4 unspecified atom stereocenters. The smallest absolute Gasteiger partial charge is 0.243 e. The molecule has 0 radical (unpaired) electrons. The predicted octanol–water partition coefficient (Wildman–Crippen LogP) is 2.74. The number of fused-ring (bicyclic) bond motifs is 1. The monoisotopic (exact) mass is 427 g/mol. The highest BCUT2D eigenvalue weighted by Crippen LogP contribution is 2.25. The molecule has 170 valence electrons. The number of ether oxygens (including phenoxy) is 1. The number of likely N-dealkylation sites (tertiary alicyclic amines) is 1. The van der Waals surface area contributed by atoms with Gasteiger partial charge in [0, 0.05) is 31.8 Å². The quantitative estimate of drug-likeness (QED) is 0.584. The van der Waals surface area contributed by atoms with Crippen LogP contribution < -0.4 is 5.32 Å². The lowest BCUT2D eigenvalue weighted by Crippen LogP contribution is -2.66. The van der Waals surface area contributed by atoms with Crippen LogP contribution >= 0.6 is 0 Å². The fourth-order valence-electron chi connectivity index (χ4n) is 4.85. The number of allylic oxidation sites excluding steroid dienone is 1. The molecular formula is C24H37N5O2. The number of aliphatic imine (C=N–C) groups is 1. The first-order valence-electron chi connectivity index (χ1n) is 12.0. The molecule has 2 N–H and O–H groups in total. The highest BCUT2D eigenvalue weighted by molar-refractivity contribution is 6.15. The second kappa shape index (κ2) is 10.1. The number of amides is 1. The lowest BCUT2D eigenvalue weighted by molar-refractivity contribution is -0.126. The zero-order chi connectivity index (χ0) is 21.8. The molecule has 3 heterocycles. The Bertz CT molecular complexity index is 768. The zero-order valence-corrected chi connectivity index (χ0v) is 19.0. The maximum Gasteiger partial charge on any atom is 0.243 e. The molecule has 2 fully saturated rings. The van der Waals surface area contributed by atoms with Gasteiger partial charge in [-0.25, -0.2) is 4.99 Å². The van der Waals surface area contributed by atoms with Crippen LogP contribution in [0.15, 0.2) is 28.8 Å². The van der Waals surface area contributed by atoms with Gasteiger partial charge in [-0.2, -0.15) is 0 Å². The summed E-state index contributed by atoms with van der Waals surface area (Å²) < 4.78 is 5.92. The zero-order valence-electron chi connectivity index (χ0n) is 19.0. The number of amidine groups is 1. The Morgan fingerprint density at radius 2 is 2.13 bits per heavy atom. The molecule has 4 aliphatic rings. The molecule has 0 spiro atoms. The molecule has 1 aliphatic carbocycles. The molecule has 4 atom stereocenters. The SMILES string of the molecule is CCCCOC1CC(=N)C2NC(=O)C(C)N(CC3C=CC(CN4CCCC4)=CC3)C2=N1. The van der Waals surface area contributed by atoms with Crippen molar-refractivity contribution < 1.29 is 9.53 Å². The van der Waals surface area contributed by atoms with Crippen LogP contribution in [-0.2, 0) is 9.53 Å². The number of piperazine rings is 1. The molecule has 4 rings (SSSR count). The minimum Gasteiger partial charge on any atom is -0.356 e. The highest BCUT2D eigenvalue weighted by Gasteiger charge is 2.42. The molecule has 31 heavy (non-hydrogen) atoms. The summed E-state index contributed by atoms with van der Waals surface area (Å²) >= 11 is 0. The largest absolute Gasteiger partial charge is 0.356 e. The third-order valence-electron chi connectivity index (χ3n) is 6.81. The number of hydrogen-bond acceptors (Lipinski definition) is 6. The van der Waals surface area contributed by atoms with E-state index in [1.807, 2.05) is 6.92 Å². The number of carbonyl (C=O) groups excluding carboxylic acids is 1. The molecule has 0 aromatic carbocycles. The van der Waals surface area contributed by atoms with Crippen LogP contribution in [0, 0.1) is 11.3 Å². The van der Waals surface area contributed by atoms with Crippen LogP contribution in [-0.4, -0.2) is 78.4 Å². The molecule has 0 aromatic rings. The Morgan fingerprint density at radius 1 is 1.32 bits per heavy atom. The van der Waals surface area contributed by atoms with Crippen LogP contribution in [0.25, 0.3) is 0 Å². The summed E-state index contributed by atoms with van der Waals surface area (Å²) in [7, 11) is 0. The van der Waals surface area contributed by atoms with Gasteiger partial charge in [-0.05, 0) is 57.2 Å². The van der Waals surface area contributed by atoms with E-state index in [0.717, 1.165) is 38.2 Å². The summed E-state index contributed by atoms with van der Waals surface area (Å²) in [5, 5.41) is 11.5. The molecule has 7 heteroatoms. The van der Waals surface area contributed by atoms with Gasteiger partial charge >= 0.3 is 0 Å². The fourth-order valence-corrected chi connectivity index (χ4v) is 4.85. The minimum atomic E-state index is -0.413. The van der Waals surface area contributed by atoms with Gasteiger partial charge in [0.1, 0.15) is 17.9 Å². The molecule has 0 aromatic heterocycles. The van der Waals surface area contributed by atoms with Crippen molar-refractivity contribution in [2.45, 2.75) is 70.7 Å². The van der Waals surface area contributed by atoms with E-state index in [1.165, 1.54) is 31.5 Å². The highest BCUT2D eigenvalue weighted by atomic mass is 16.5.